The number of halogens is 1. The molecular weight excluding hydrogens is 380 g/mol. The Labute approximate surface area is 167 Å². The molecule has 144 valence electrons. The zero-order chi connectivity index (χ0) is 19.4. The van der Waals surface area contributed by atoms with Crippen LogP contribution in [-0.4, -0.2) is 34.8 Å². The van der Waals surface area contributed by atoms with Gasteiger partial charge in [0.15, 0.2) is 0 Å². The fourth-order valence-electron chi connectivity index (χ4n) is 3.14. The van der Waals surface area contributed by atoms with Crippen molar-refractivity contribution in [1.82, 2.24) is 9.55 Å². The van der Waals surface area contributed by atoms with Crippen LogP contribution in [0, 0.1) is 0 Å². The topological polar surface area (TPSA) is 62.6 Å². The Hall–Kier alpha value is -2.67. The molecule has 7 heteroatoms. The van der Waals surface area contributed by atoms with Crippen LogP contribution in [-0.2, 0) is 26.5 Å². The first-order chi connectivity index (χ1) is 13.6. The van der Waals surface area contributed by atoms with Crippen LogP contribution in [0.1, 0.15) is 15.9 Å². The summed E-state index contributed by atoms with van der Waals surface area (Å²) in [6.45, 7) is 0.791. The average Bonchev–Trinajstić information content (AvgIpc) is 3.38. The maximum absolute atomic E-state index is 12.2. The monoisotopic (exact) mass is 398 g/mol. The number of imidazole rings is 1. The highest BCUT2D eigenvalue weighted by molar-refractivity contribution is 6.30. The summed E-state index contributed by atoms with van der Waals surface area (Å²) in [6.07, 6.45) is 4.83. The van der Waals surface area contributed by atoms with Crippen LogP contribution in [0.3, 0.4) is 0 Å². The summed E-state index contributed by atoms with van der Waals surface area (Å²) >= 11 is 6.17. The fraction of sp³-hybridized carbons (Fsp3) is 0.238. The Bertz CT molecular complexity index is 933. The largest absolute Gasteiger partial charge is 0.459 e. The number of ether oxygens (including phenoxy) is 3. The van der Waals surface area contributed by atoms with E-state index < -0.39 is 11.9 Å². The number of benzene rings is 2. The molecule has 1 aliphatic rings. The second-order valence-electron chi connectivity index (χ2n) is 6.51. The first kappa shape index (κ1) is 18.7. The zero-order valence-electron chi connectivity index (χ0n) is 15.0. The van der Waals surface area contributed by atoms with E-state index in [0.717, 1.165) is 5.56 Å². The van der Waals surface area contributed by atoms with Gasteiger partial charge in [0, 0.05) is 23.0 Å². The van der Waals surface area contributed by atoms with Crippen molar-refractivity contribution in [3.63, 3.8) is 0 Å². The highest BCUT2D eigenvalue weighted by Gasteiger charge is 2.44. The molecule has 1 fully saturated rings. The third-order valence-corrected chi connectivity index (χ3v) is 4.72. The van der Waals surface area contributed by atoms with E-state index in [1.165, 1.54) is 0 Å². The van der Waals surface area contributed by atoms with Gasteiger partial charge in [0.05, 0.1) is 25.0 Å². The summed E-state index contributed by atoms with van der Waals surface area (Å²) in [4.78, 5) is 16.3. The SMILES string of the molecule is O=C(OCC1COC(Cn2ccnc2)(c2cccc(Cl)c2)O1)c1ccccc1. The predicted molar refractivity (Wildman–Crippen MR) is 103 cm³/mol. The lowest BCUT2D eigenvalue weighted by Crippen LogP contribution is -2.34. The van der Waals surface area contributed by atoms with E-state index in [1.807, 2.05) is 35.0 Å². The number of carbonyl (C=O) groups is 1. The number of hydrogen-bond acceptors (Lipinski definition) is 5. The van der Waals surface area contributed by atoms with E-state index >= 15 is 0 Å². The van der Waals surface area contributed by atoms with Crippen LogP contribution in [0.25, 0.3) is 0 Å². The first-order valence-corrected chi connectivity index (χ1v) is 9.28. The van der Waals surface area contributed by atoms with Crippen LogP contribution in [0.2, 0.25) is 5.02 Å². The van der Waals surface area contributed by atoms with Crippen LogP contribution >= 0.6 is 11.6 Å². The number of carbonyl (C=O) groups excluding carboxylic acids is 1. The van der Waals surface area contributed by atoms with Crippen molar-refractivity contribution in [2.75, 3.05) is 13.2 Å². The number of esters is 1. The van der Waals surface area contributed by atoms with Gasteiger partial charge in [-0.1, -0.05) is 41.9 Å². The van der Waals surface area contributed by atoms with Crippen molar-refractivity contribution >= 4 is 17.6 Å². The lowest BCUT2D eigenvalue weighted by atomic mass is 10.1. The number of aromatic nitrogens is 2. The van der Waals surface area contributed by atoms with Crippen LogP contribution in [0.5, 0.6) is 0 Å². The third-order valence-electron chi connectivity index (χ3n) is 4.48. The standard InChI is InChI=1S/C21H19ClN2O4/c22-18-8-4-7-17(11-18)21(14-24-10-9-23-15-24)27-13-19(28-21)12-26-20(25)16-5-2-1-3-6-16/h1-11,15,19H,12-14H2. The van der Waals surface area contributed by atoms with Gasteiger partial charge >= 0.3 is 5.97 Å². The van der Waals surface area contributed by atoms with Gasteiger partial charge in [-0.25, -0.2) is 9.78 Å². The van der Waals surface area contributed by atoms with Crippen molar-refractivity contribution in [1.29, 1.82) is 0 Å². The minimum atomic E-state index is -1.03. The second kappa shape index (κ2) is 8.14. The Morgan fingerprint density at radius 1 is 1.25 bits per heavy atom. The van der Waals surface area contributed by atoms with Crippen LogP contribution < -0.4 is 0 Å². The predicted octanol–water partition coefficient (Wildman–Crippen LogP) is 3.66. The van der Waals surface area contributed by atoms with Gasteiger partial charge in [0.1, 0.15) is 12.7 Å². The lowest BCUT2D eigenvalue weighted by molar-refractivity contribution is -0.190. The van der Waals surface area contributed by atoms with Crippen molar-refractivity contribution < 1.29 is 19.0 Å². The van der Waals surface area contributed by atoms with Crippen molar-refractivity contribution in [3.8, 4) is 0 Å². The molecule has 0 amide bonds. The summed E-state index contributed by atoms with van der Waals surface area (Å²) in [6, 6.07) is 16.2. The van der Waals surface area contributed by atoms with Crippen LogP contribution in [0.4, 0.5) is 0 Å². The summed E-state index contributed by atoms with van der Waals surface area (Å²) in [5, 5.41) is 0.591. The molecule has 0 spiro atoms. The van der Waals surface area contributed by atoms with E-state index in [4.69, 9.17) is 25.8 Å². The van der Waals surface area contributed by atoms with Gasteiger partial charge in [-0.2, -0.15) is 0 Å². The molecular formula is C21H19ClN2O4. The zero-order valence-corrected chi connectivity index (χ0v) is 15.8. The van der Waals surface area contributed by atoms with Crippen LogP contribution in [0.15, 0.2) is 73.3 Å². The van der Waals surface area contributed by atoms with Gasteiger partial charge in [-0.05, 0) is 24.3 Å². The quantitative estimate of drug-likeness (QED) is 0.593. The average molecular weight is 399 g/mol. The lowest BCUT2D eigenvalue weighted by Gasteiger charge is -2.29. The van der Waals surface area contributed by atoms with Gasteiger partial charge in [0.25, 0.3) is 0 Å². The molecule has 1 aromatic heterocycles. The number of rotatable bonds is 6. The smallest absolute Gasteiger partial charge is 0.338 e. The molecule has 0 bridgehead atoms. The molecule has 3 aromatic rings. The minimum Gasteiger partial charge on any atom is -0.459 e. The second-order valence-corrected chi connectivity index (χ2v) is 6.95. The minimum absolute atomic E-state index is 0.0972. The highest BCUT2D eigenvalue weighted by Crippen LogP contribution is 2.37. The normalized spacial score (nSPS) is 21.5. The molecule has 0 N–H and O–H groups in total. The highest BCUT2D eigenvalue weighted by atomic mass is 35.5. The Morgan fingerprint density at radius 2 is 2.11 bits per heavy atom. The number of nitrogens with zero attached hydrogens (tertiary/aromatic N) is 2. The van der Waals surface area contributed by atoms with Gasteiger partial charge < -0.3 is 18.8 Å². The molecule has 0 saturated carbocycles. The maximum Gasteiger partial charge on any atom is 0.338 e. The van der Waals surface area contributed by atoms with Crippen molar-refractivity contribution in [3.05, 3.63) is 89.5 Å². The van der Waals surface area contributed by atoms with Gasteiger partial charge in [-0.15, -0.1) is 0 Å². The van der Waals surface area contributed by atoms with E-state index in [0.29, 0.717) is 23.7 Å². The van der Waals surface area contributed by atoms with E-state index in [2.05, 4.69) is 4.98 Å². The molecule has 4 rings (SSSR count). The van der Waals surface area contributed by atoms with Crippen molar-refractivity contribution in [2.45, 2.75) is 18.4 Å². The third kappa shape index (κ3) is 4.09. The Balaban J connectivity index is 1.48. The summed E-state index contributed by atoms with van der Waals surface area (Å²) in [7, 11) is 0. The Kier molecular flexibility index (Phi) is 5.43. The van der Waals surface area contributed by atoms with Crippen molar-refractivity contribution in [2.24, 2.45) is 0 Å². The molecule has 0 radical (unpaired) electrons. The van der Waals surface area contributed by atoms with E-state index in [-0.39, 0.29) is 12.6 Å². The van der Waals surface area contributed by atoms with E-state index in [9.17, 15) is 4.79 Å². The molecule has 2 unspecified atom stereocenters. The molecule has 1 aliphatic heterocycles. The summed E-state index contributed by atoms with van der Waals surface area (Å²) in [5.74, 6) is -1.42. The van der Waals surface area contributed by atoms with E-state index in [1.54, 1.807) is 42.9 Å². The Morgan fingerprint density at radius 3 is 2.86 bits per heavy atom. The fourth-order valence-corrected chi connectivity index (χ4v) is 3.34. The molecule has 28 heavy (non-hydrogen) atoms. The first-order valence-electron chi connectivity index (χ1n) is 8.90. The molecule has 2 aromatic carbocycles. The molecule has 0 aliphatic carbocycles. The molecule has 2 heterocycles. The molecule has 2 atom stereocenters. The maximum atomic E-state index is 12.2. The van der Waals surface area contributed by atoms with Gasteiger partial charge in [0.2, 0.25) is 5.79 Å². The molecule has 1 saturated heterocycles. The summed E-state index contributed by atoms with van der Waals surface area (Å²) in [5.41, 5.74) is 1.30. The summed E-state index contributed by atoms with van der Waals surface area (Å²) < 4.78 is 19.6. The van der Waals surface area contributed by atoms with Gasteiger partial charge in [-0.3, -0.25) is 0 Å². The number of hydrogen-bond donors (Lipinski definition) is 0. The molecule has 6 nitrogen and oxygen atoms in total.